The molecule has 0 saturated carbocycles. The van der Waals surface area contributed by atoms with Gasteiger partial charge >= 0.3 is 23.9 Å². The van der Waals surface area contributed by atoms with Gasteiger partial charge in [-0.2, -0.15) is 0 Å². The van der Waals surface area contributed by atoms with E-state index in [4.69, 9.17) is 61.6 Å². The Morgan fingerprint density at radius 3 is 1.21 bits per heavy atom. The van der Waals surface area contributed by atoms with Gasteiger partial charge < -0.3 is 81.2 Å². The first-order valence-electron chi connectivity index (χ1n) is 51.1. The number of nitrogens with zero attached hydrogens (tertiary/aromatic N) is 8. The smallest absolute Gasteiger partial charge is 0.330 e. The lowest BCUT2D eigenvalue weighted by atomic mass is 9.79. The zero-order valence-corrected chi connectivity index (χ0v) is 87.9. The zero-order chi connectivity index (χ0) is 104. The molecule has 4 aromatic carbocycles. The van der Waals surface area contributed by atoms with E-state index in [9.17, 15) is 47.9 Å². The highest BCUT2D eigenvalue weighted by Crippen LogP contribution is 2.34. The Balaban J connectivity index is 0.000000353. The van der Waals surface area contributed by atoms with E-state index in [0.29, 0.717) is 114 Å². The summed E-state index contributed by atoms with van der Waals surface area (Å²) in [6.07, 6.45) is 20.9. The maximum Gasteiger partial charge on any atom is 0.330 e. The zero-order valence-electron chi connectivity index (χ0n) is 87.9. The number of Topliss-reactive ketones (excluding diaryl/α,β-unsaturated/α-hetero) is 3. The minimum atomic E-state index is -0.740. The van der Waals surface area contributed by atoms with Crippen molar-refractivity contribution in [1.82, 2.24) is 29.4 Å². The van der Waals surface area contributed by atoms with Gasteiger partial charge in [0.25, 0.3) is 11.8 Å². The molecule has 4 heterocycles. The first-order chi connectivity index (χ1) is 68.4. The molecule has 4 saturated heterocycles. The predicted molar refractivity (Wildman–Crippen MR) is 555 cm³/mol. The van der Waals surface area contributed by atoms with Crippen molar-refractivity contribution in [1.29, 1.82) is 0 Å². The van der Waals surface area contributed by atoms with Crippen molar-refractivity contribution in [2.75, 3.05) is 262 Å². The Labute approximate surface area is 847 Å². The Kier molecular flexibility index (Phi) is 60.8. The lowest BCUT2D eigenvalue weighted by Gasteiger charge is -2.41. The molecule has 0 radical (unpaired) electrons. The van der Waals surface area contributed by atoms with Gasteiger partial charge in [0.2, 0.25) is 0 Å². The fraction of sp³-hybridized carbons (Fsp3) is 0.622. The third kappa shape index (κ3) is 45.8. The topological polar surface area (TPSA) is 317 Å². The fourth-order valence-electron chi connectivity index (χ4n) is 16.8. The van der Waals surface area contributed by atoms with Crippen LogP contribution in [0.2, 0.25) is 0 Å². The van der Waals surface area contributed by atoms with Crippen molar-refractivity contribution in [3.63, 3.8) is 0 Å². The van der Waals surface area contributed by atoms with Crippen molar-refractivity contribution >= 4 is 70.2 Å². The van der Waals surface area contributed by atoms with Crippen molar-refractivity contribution in [3.8, 4) is 0 Å². The van der Waals surface area contributed by atoms with Crippen LogP contribution in [0.25, 0.3) is 0 Å². The second-order valence-corrected chi connectivity index (χ2v) is 37.4. The summed E-state index contributed by atoms with van der Waals surface area (Å²) < 4.78 is 69.3. The van der Waals surface area contributed by atoms with Crippen LogP contribution in [-0.2, 0) is 103 Å². The largest absolute Gasteiger partial charge is 0.469 e. The van der Waals surface area contributed by atoms with Crippen LogP contribution in [0.15, 0.2) is 148 Å². The number of hydrogen-bond acceptors (Lipinski definition) is 29. The number of rotatable bonds is 65. The lowest BCUT2D eigenvalue weighted by molar-refractivity contribution is -0.144. The summed E-state index contributed by atoms with van der Waals surface area (Å²) in [5, 5.41) is 0. The quantitative estimate of drug-likeness (QED) is 0.0130. The van der Waals surface area contributed by atoms with Gasteiger partial charge in [0.1, 0.15) is 25.6 Å². The highest BCUT2D eigenvalue weighted by molar-refractivity contribution is 6.05. The van der Waals surface area contributed by atoms with E-state index in [-0.39, 0.29) is 126 Å². The average Bonchev–Trinajstić information content (AvgIpc) is 0.759. The molecule has 0 aromatic heterocycles. The van der Waals surface area contributed by atoms with E-state index in [1.807, 2.05) is 128 Å². The fourth-order valence-corrected chi connectivity index (χ4v) is 16.8. The number of unbranched alkanes of at least 4 members (excludes halogenated alkanes) is 9. The Bertz CT molecular complexity index is 4310. The molecule has 4 aliphatic heterocycles. The number of ketones is 4. The van der Waals surface area contributed by atoms with E-state index >= 15 is 0 Å². The predicted octanol–water partition coefficient (Wildman–Crippen LogP) is 14.1. The molecule has 8 rings (SSSR count). The maximum atomic E-state index is 14.6. The average molecular weight is 1980 g/mol. The Morgan fingerprint density at radius 1 is 0.423 bits per heavy atom. The molecule has 4 fully saturated rings. The maximum absolute atomic E-state index is 14.6. The van der Waals surface area contributed by atoms with E-state index in [0.717, 1.165) is 151 Å². The number of ether oxygens (including phenoxy) is 13. The van der Waals surface area contributed by atoms with Gasteiger partial charge in [-0.05, 0) is 176 Å². The molecular weight excluding hydrogens is 1810 g/mol. The van der Waals surface area contributed by atoms with E-state index in [2.05, 4.69) is 105 Å². The van der Waals surface area contributed by atoms with Crippen LogP contribution in [0.5, 0.6) is 0 Å². The van der Waals surface area contributed by atoms with Gasteiger partial charge in [-0.3, -0.25) is 53.2 Å². The molecule has 2 amide bonds. The number of methoxy groups -OCH3 is 2. The van der Waals surface area contributed by atoms with Crippen LogP contribution in [0.3, 0.4) is 0 Å². The number of benzene rings is 4. The molecule has 0 N–H and O–H groups in total. The van der Waals surface area contributed by atoms with Crippen LogP contribution < -0.4 is 9.80 Å². The number of amides is 2. The highest BCUT2D eigenvalue weighted by Gasteiger charge is 2.43. The SMILES string of the molecule is C=CC(=O)CCOCC(COCCOC)(COCCOC(=O)C=C)COCCOC(=O)C=C.C=CC(=O)OCC(C)OCC(C)OCC(C)C.CCC(Cc1ccc(C(=O)N2CCN(CCC(=O)OC)CC2)cc1)(C(=O)c1ccc(N2CCOCC2)cc1)N(C)C.CCCCCCCCCCCCN(C)C(CC)(Cc1ccc(C(=O)N2CCN(CCC(C)=O)CC2)cc1)C(=O)c1ccc(N2CCOCC2)cc1. The summed E-state index contributed by atoms with van der Waals surface area (Å²) in [7, 11) is 9.03. The molecule has 0 spiro atoms. The number of carbonyl (C=O) groups is 10. The normalized spacial score (nSPS) is 15.4. The Morgan fingerprint density at radius 2 is 0.810 bits per heavy atom. The Hall–Kier alpha value is -9.58. The number of carbonyl (C=O) groups excluding carboxylic acids is 10. The number of piperazine rings is 2. The summed E-state index contributed by atoms with van der Waals surface area (Å²) in [6, 6.07) is 31.8. The third-order valence-electron chi connectivity index (χ3n) is 25.8. The molecular formula is C111H170N8O23. The minimum Gasteiger partial charge on any atom is -0.469 e. The number of anilines is 2. The van der Waals surface area contributed by atoms with Gasteiger partial charge in [0.05, 0.1) is 135 Å². The summed E-state index contributed by atoms with van der Waals surface area (Å²) in [5.41, 5.74) is 4.97. The number of morpholine rings is 2. The summed E-state index contributed by atoms with van der Waals surface area (Å²) >= 11 is 0. The number of hydrogen-bond donors (Lipinski definition) is 0. The summed E-state index contributed by atoms with van der Waals surface area (Å²) in [4.78, 5) is 140. The van der Waals surface area contributed by atoms with Crippen molar-refractivity contribution in [2.24, 2.45) is 11.3 Å². The highest BCUT2D eigenvalue weighted by atomic mass is 16.6. The van der Waals surface area contributed by atoms with Gasteiger partial charge in [-0.1, -0.05) is 143 Å². The van der Waals surface area contributed by atoms with Gasteiger partial charge in [-0.15, -0.1) is 0 Å². The third-order valence-corrected chi connectivity index (χ3v) is 25.8. The number of likely N-dealkylation sites (N-methyl/N-ethyl adjacent to an activating group) is 2. The molecule has 4 aromatic rings. The minimum absolute atomic E-state index is 0.00923. The van der Waals surface area contributed by atoms with Crippen LogP contribution in [0, 0.1) is 11.3 Å². The van der Waals surface area contributed by atoms with Crippen molar-refractivity contribution in [3.05, 3.63) is 181 Å². The summed E-state index contributed by atoms with van der Waals surface area (Å²) in [6.45, 7) is 47.3. The van der Waals surface area contributed by atoms with E-state index < -0.39 is 34.4 Å². The van der Waals surface area contributed by atoms with Crippen LogP contribution in [-0.4, -0.2) is 364 Å². The van der Waals surface area contributed by atoms with E-state index in [1.165, 1.54) is 71.0 Å². The first kappa shape index (κ1) is 123. The molecule has 31 nitrogen and oxygen atoms in total. The molecule has 4 aliphatic rings. The first-order valence-corrected chi connectivity index (χ1v) is 51.1. The molecule has 31 heteroatoms. The molecule has 0 aliphatic carbocycles. The van der Waals surface area contributed by atoms with E-state index in [1.54, 1.807) is 14.0 Å². The standard InChI is InChI=1S/C43H66N4O4.C32H44N4O5.C23H36O10.C13H24O4/c1-5-7-8-9-10-11-12-13-14-15-25-44(4)43(6-2,41(49)38-20-22-40(23-21-38)46-31-33-51-34-32-46)35-37-16-18-39(19-17-37)42(50)47-29-27-45(28-30-47)26-24-36(3)48;1-5-32(33(2)3,30(38)26-10-12-28(13-11-26)35-20-22-41-23-21-35)24-25-6-8-27(9-7-25)31(39)36-18-16-34(17-19-36)15-14-29(37)40-4;1-5-20(24)8-9-28-16-23(17-29-11-10-27-4,18-30-12-14-32-21(25)6-2)19-31-13-15-33-22(26)7-3;1-6-13(14)17-9-12(5)16-8-11(4)15-7-10(2)3/h16-23H,5-15,24-35H2,1-4H3;6-13H,5,14-24H2,1-4H3;5-7H,1-3,8-19H2,4H3;6,10-12H,1,7-9H2,2-5H3. The van der Waals surface area contributed by atoms with Crippen LogP contribution in [0.4, 0.5) is 11.4 Å². The monoisotopic (exact) mass is 1980 g/mol. The second kappa shape index (κ2) is 70.2. The van der Waals surface area contributed by atoms with Crippen LogP contribution >= 0.6 is 0 Å². The lowest BCUT2D eigenvalue weighted by Crippen LogP contribution is -2.54. The molecule has 4 atom stereocenters. The molecule has 142 heavy (non-hydrogen) atoms. The summed E-state index contributed by atoms with van der Waals surface area (Å²) in [5.74, 6) is -0.813. The molecule has 4 unspecified atom stereocenters. The van der Waals surface area contributed by atoms with Crippen molar-refractivity contribution in [2.45, 2.75) is 188 Å². The molecule has 0 bridgehead atoms. The molecule has 792 valence electrons. The van der Waals surface area contributed by atoms with Crippen molar-refractivity contribution < 1.29 is 110 Å². The number of allylic oxidation sites excluding steroid dienone is 1. The van der Waals surface area contributed by atoms with Crippen LogP contribution in [0.1, 0.15) is 204 Å². The number of esters is 4. The van der Waals surface area contributed by atoms with Gasteiger partial charge in [0, 0.05) is 170 Å². The second-order valence-electron chi connectivity index (χ2n) is 37.4. The van der Waals surface area contributed by atoms with Gasteiger partial charge in [0.15, 0.2) is 17.3 Å². The van der Waals surface area contributed by atoms with Gasteiger partial charge in [-0.25, -0.2) is 14.4 Å².